The van der Waals surface area contributed by atoms with Crippen LogP contribution in [-0.4, -0.2) is 24.5 Å². The summed E-state index contributed by atoms with van der Waals surface area (Å²) in [6.07, 6.45) is 0. The van der Waals surface area contributed by atoms with E-state index in [4.69, 9.17) is 5.73 Å². The Morgan fingerprint density at radius 3 is 2.82 bits per heavy atom. The highest BCUT2D eigenvalue weighted by Crippen LogP contribution is 2.15. The zero-order chi connectivity index (χ0) is 12.8. The van der Waals surface area contributed by atoms with Crippen molar-refractivity contribution in [1.82, 2.24) is 0 Å². The Hall–Kier alpha value is -1.40. The number of carbonyl (C=O) groups excluding carboxylic acids is 2. The molecule has 0 radical (unpaired) electrons. The monoisotopic (exact) mass is 300 g/mol. The fourth-order valence-corrected chi connectivity index (χ4v) is 1.52. The summed E-state index contributed by atoms with van der Waals surface area (Å²) in [7, 11) is 0. The summed E-state index contributed by atoms with van der Waals surface area (Å²) in [6, 6.07) is 5.67. The van der Waals surface area contributed by atoms with E-state index in [0.29, 0.717) is 5.69 Å². The Morgan fingerprint density at radius 2 is 2.24 bits per heavy atom. The van der Waals surface area contributed by atoms with E-state index in [1.54, 1.807) is 25.1 Å². The van der Waals surface area contributed by atoms with Gasteiger partial charge in [-0.05, 0) is 25.1 Å². The molecule has 1 aromatic rings. The molecule has 0 aliphatic rings. The molecule has 0 saturated carbocycles. The van der Waals surface area contributed by atoms with Crippen molar-refractivity contribution in [3.63, 3.8) is 0 Å². The molecule has 0 saturated heterocycles. The lowest BCUT2D eigenvalue weighted by molar-refractivity contribution is -0.146. The van der Waals surface area contributed by atoms with E-state index in [0.717, 1.165) is 4.47 Å². The number of hydrogen-bond donors (Lipinski definition) is 2. The van der Waals surface area contributed by atoms with Crippen molar-refractivity contribution >= 4 is 33.5 Å². The molecule has 5 nitrogen and oxygen atoms in total. The Bertz CT molecular complexity index is 423. The minimum absolute atomic E-state index is 0.191. The van der Waals surface area contributed by atoms with E-state index in [2.05, 4.69) is 26.0 Å². The van der Waals surface area contributed by atoms with Crippen LogP contribution in [0, 0.1) is 0 Å². The van der Waals surface area contributed by atoms with Crippen molar-refractivity contribution < 1.29 is 14.3 Å². The molecule has 0 bridgehead atoms. The molecular formula is C11H13BrN2O3. The maximum absolute atomic E-state index is 11.6. The van der Waals surface area contributed by atoms with Crippen LogP contribution in [0.4, 0.5) is 5.69 Å². The first kappa shape index (κ1) is 13.7. The second-order valence-electron chi connectivity index (χ2n) is 3.23. The second kappa shape index (κ2) is 6.36. The van der Waals surface area contributed by atoms with Gasteiger partial charge < -0.3 is 15.8 Å². The number of nitrogens with one attached hydrogen (secondary N) is 1. The highest BCUT2D eigenvalue weighted by atomic mass is 79.9. The van der Waals surface area contributed by atoms with E-state index >= 15 is 0 Å². The van der Waals surface area contributed by atoms with Crippen LogP contribution < -0.4 is 11.1 Å². The van der Waals surface area contributed by atoms with Gasteiger partial charge in [-0.3, -0.25) is 4.79 Å². The first-order valence-corrected chi connectivity index (χ1v) is 5.82. The van der Waals surface area contributed by atoms with Gasteiger partial charge in [-0.15, -0.1) is 0 Å². The van der Waals surface area contributed by atoms with Crippen molar-refractivity contribution in [2.75, 3.05) is 11.9 Å². The molecule has 3 N–H and O–H groups in total. The van der Waals surface area contributed by atoms with Crippen molar-refractivity contribution in [2.45, 2.75) is 13.0 Å². The third kappa shape index (κ3) is 4.16. The molecule has 1 rings (SSSR count). The quantitative estimate of drug-likeness (QED) is 0.648. The molecule has 1 aromatic carbocycles. The predicted octanol–water partition coefficient (Wildman–Crippen LogP) is 1.28. The Labute approximate surface area is 107 Å². The van der Waals surface area contributed by atoms with E-state index in [1.165, 1.54) is 0 Å². The molecule has 1 unspecified atom stereocenters. The van der Waals surface area contributed by atoms with Gasteiger partial charge in [-0.1, -0.05) is 22.0 Å². The van der Waals surface area contributed by atoms with Gasteiger partial charge in [0.05, 0.1) is 6.61 Å². The molecule has 6 heteroatoms. The lowest BCUT2D eigenvalue weighted by Crippen LogP contribution is -2.43. The maximum Gasteiger partial charge on any atom is 0.332 e. The Morgan fingerprint density at radius 1 is 1.53 bits per heavy atom. The third-order valence-electron chi connectivity index (χ3n) is 1.92. The number of halogens is 1. The molecule has 1 amide bonds. The predicted molar refractivity (Wildman–Crippen MR) is 67.4 cm³/mol. The van der Waals surface area contributed by atoms with Crippen LogP contribution >= 0.6 is 15.9 Å². The molecule has 0 spiro atoms. The smallest absolute Gasteiger partial charge is 0.332 e. The van der Waals surface area contributed by atoms with Crippen LogP contribution in [0.25, 0.3) is 0 Å². The first-order valence-electron chi connectivity index (χ1n) is 5.03. The van der Waals surface area contributed by atoms with E-state index in [1.807, 2.05) is 6.07 Å². The average molecular weight is 301 g/mol. The normalized spacial score (nSPS) is 11.7. The van der Waals surface area contributed by atoms with E-state index in [-0.39, 0.29) is 6.61 Å². The molecular weight excluding hydrogens is 288 g/mol. The lowest BCUT2D eigenvalue weighted by Gasteiger charge is -2.11. The molecule has 92 valence electrons. The van der Waals surface area contributed by atoms with E-state index in [9.17, 15) is 9.59 Å². The van der Waals surface area contributed by atoms with Gasteiger partial charge in [0, 0.05) is 10.2 Å². The summed E-state index contributed by atoms with van der Waals surface area (Å²) < 4.78 is 5.47. The van der Waals surface area contributed by atoms with Gasteiger partial charge in [0.15, 0.2) is 6.04 Å². The van der Waals surface area contributed by atoms with Gasteiger partial charge >= 0.3 is 5.97 Å². The average Bonchev–Trinajstić information content (AvgIpc) is 2.28. The summed E-state index contributed by atoms with van der Waals surface area (Å²) in [6.45, 7) is 1.84. The van der Waals surface area contributed by atoms with E-state index < -0.39 is 17.9 Å². The zero-order valence-corrected chi connectivity index (χ0v) is 10.9. The third-order valence-corrected chi connectivity index (χ3v) is 2.41. The number of amides is 1. The van der Waals surface area contributed by atoms with Gasteiger partial charge in [0.1, 0.15) is 0 Å². The van der Waals surface area contributed by atoms with Crippen molar-refractivity contribution in [3.8, 4) is 0 Å². The number of ether oxygens (including phenoxy) is 1. The summed E-state index contributed by atoms with van der Waals surface area (Å²) in [5.74, 6) is -1.33. The van der Waals surface area contributed by atoms with Crippen LogP contribution in [0.3, 0.4) is 0 Å². The van der Waals surface area contributed by atoms with Crippen LogP contribution in [-0.2, 0) is 14.3 Å². The second-order valence-corrected chi connectivity index (χ2v) is 4.14. The van der Waals surface area contributed by atoms with Crippen LogP contribution in [0.1, 0.15) is 6.92 Å². The maximum atomic E-state index is 11.6. The summed E-state index contributed by atoms with van der Waals surface area (Å²) >= 11 is 3.27. The highest BCUT2D eigenvalue weighted by molar-refractivity contribution is 9.10. The fraction of sp³-hybridized carbons (Fsp3) is 0.273. The minimum Gasteiger partial charge on any atom is -0.464 e. The zero-order valence-electron chi connectivity index (χ0n) is 9.27. The van der Waals surface area contributed by atoms with Gasteiger partial charge in [0.2, 0.25) is 0 Å². The number of benzene rings is 1. The van der Waals surface area contributed by atoms with Gasteiger partial charge in [0.25, 0.3) is 5.91 Å². The van der Waals surface area contributed by atoms with Crippen molar-refractivity contribution in [2.24, 2.45) is 5.73 Å². The number of carbonyl (C=O) groups is 2. The molecule has 0 aromatic heterocycles. The number of nitrogens with two attached hydrogens (primary N) is 1. The van der Waals surface area contributed by atoms with Crippen LogP contribution in [0.2, 0.25) is 0 Å². The van der Waals surface area contributed by atoms with Crippen LogP contribution in [0.5, 0.6) is 0 Å². The standard InChI is InChI=1S/C11H13BrN2O3/c1-2-17-11(16)9(13)10(15)14-8-5-3-4-7(12)6-8/h3-6,9H,2,13H2,1H3,(H,14,15). The largest absolute Gasteiger partial charge is 0.464 e. The molecule has 0 heterocycles. The molecule has 0 fully saturated rings. The molecule has 0 aliphatic heterocycles. The summed E-state index contributed by atoms with van der Waals surface area (Å²) in [5.41, 5.74) is 5.99. The van der Waals surface area contributed by atoms with Crippen LogP contribution in [0.15, 0.2) is 28.7 Å². The molecule has 0 aliphatic carbocycles. The van der Waals surface area contributed by atoms with Gasteiger partial charge in [-0.25, -0.2) is 4.79 Å². The molecule has 17 heavy (non-hydrogen) atoms. The number of hydrogen-bond acceptors (Lipinski definition) is 4. The van der Waals surface area contributed by atoms with Crippen molar-refractivity contribution in [1.29, 1.82) is 0 Å². The number of esters is 1. The topological polar surface area (TPSA) is 81.4 Å². The minimum atomic E-state index is -1.31. The van der Waals surface area contributed by atoms with Gasteiger partial charge in [-0.2, -0.15) is 0 Å². The number of rotatable bonds is 4. The summed E-state index contributed by atoms with van der Waals surface area (Å²) in [5, 5.41) is 2.53. The summed E-state index contributed by atoms with van der Waals surface area (Å²) in [4.78, 5) is 22.8. The lowest BCUT2D eigenvalue weighted by atomic mass is 10.2. The first-order chi connectivity index (χ1) is 8.04. The highest BCUT2D eigenvalue weighted by Gasteiger charge is 2.23. The van der Waals surface area contributed by atoms with Crippen molar-refractivity contribution in [3.05, 3.63) is 28.7 Å². The SMILES string of the molecule is CCOC(=O)C(N)C(=O)Nc1cccc(Br)c1. The number of anilines is 1. The fourth-order valence-electron chi connectivity index (χ4n) is 1.13. The molecule has 1 atom stereocenters. The Kier molecular flexibility index (Phi) is 5.11. The Balaban J connectivity index is 2.63.